The molecular formula is C9H13NO5S2. The van der Waals surface area contributed by atoms with E-state index in [-0.39, 0.29) is 17.2 Å². The minimum Gasteiger partial charge on any atom is -0.481 e. The summed E-state index contributed by atoms with van der Waals surface area (Å²) in [7, 11) is -2.28. The van der Waals surface area contributed by atoms with Crippen LogP contribution in [0.2, 0.25) is 0 Å². The second-order valence-electron chi connectivity index (χ2n) is 3.30. The van der Waals surface area contributed by atoms with Crippen molar-refractivity contribution in [3.05, 3.63) is 17.5 Å². The van der Waals surface area contributed by atoms with Gasteiger partial charge in [0.05, 0.1) is 19.1 Å². The quantitative estimate of drug-likeness (QED) is 0.759. The normalized spacial score (nSPS) is 13.5. The predicted octanol–water partition coefficient (Wildman–Crippen LogP) is 0.516. The lowest BCUT2D eigenvalue weighted by atomic mass is 10.2. The van der Waals surface area contributed by atoms with Gasteiger partial charge < -0.3 is 9.84 Å². The van der Waals surface area contributed by atoms with E-state index in [4.69, 9.17) is 9.84 Å². The highest BCUT2D eigenvalue weighted by molar-refractivity contribution is 7.91. The first-order valence-corrected chi connectivity index (χ1v) is 7.08. The minimum absolute atomic E-state index is 0.0108. The maximum absolute atomic E-state index is 11.8. The zero-order valence-corrected chi connectivity index (χ0v) is 10.8. The molecular weight excluding hydrogens is 266 g/mol. The standard InChI is InChI=1S/C9H13NO5S2/c1-15-6-7(5-8(11)12)10-17(13,14)9-3-2-4-16-9/h2-4,7,10H,5-6H2,1H3,(H,11,12)/t7-/m1/s1. The first-order chi connectivity index (χ1) is 7.95. The molecule has 1 aromatic rings. The molecule has 96 valence electrons. The van der Waals surface area contributed by atoms with Crippen LogP contribution in [0.5, 0.6) is 0 Å². The third-order valence-electron chi connectivity index (χ3n) is 1.87. The molecule has 0 aliphatic rings. The summed E-state index contributed by atoms with van der Waals surface area (Å²) in [6.45, 7) is 0.0108. The van der Waals surface area contributed by atoms with E-state index in [1.807, 2.05) is 0 Å². The summed E-state index contributed by atoms with van der Waals surface area (Å²) >= 11 is 1.07. The van der Waals surface area contributed by atoms with E-state index < -0.39 is 22.0 Å². The van der Waals surface area contributed by atoms with Crippen molar-refractivity contribution in [1.82, 2.24) is 4.72 Å². The number of hydrogen-bond donors (Lipinski definition) is 2. The van der Waals surface area contributed by atoms with E-state index in [1.165, 1.54) is 13.2 Å². The van der Waals surface area contributed by atoms with Gasteiger partial charge in [0.2, 0.25) is 10.0 Å². The molecule has 1 rings (SSSR count). The van der Waals surface area contributed by atoms with Gasteiger partial charge in [0.25, 0.3) is 0 Å². The molecule has 0 bridgehead atoms. The van der Waals surface area contributed by atoms with Crippen molar-refractivity contribution in [3.8, 4) is 0 Å². The van der Waals surface area contributed by atoms with Crippen LogP contribution in [0.25, 0.3) is 0 Å². The smallest absolute Gasteiger partial charge is 0.305 e. The molecule has 2 N–H and O–H groups in total. The molecule has 0 unspecified atom stereocenters. The lowest BCUT2D eigenvalue weighted by Crippen LogP contribution is -2.39. The Morgan fingerprint density at radius 2 is 2.35 bits per heavy atom. The Kier molecular flexibility index (Phi) is 5.06. The molecule has 0 spiro atoms. The van der Waals surface area contributed by atoms with Gasteiger partial charge in [-0.1, -0.05) is 6.07 Å². The third-order valence-corrected chi connectivity index (χ3v) is 4.79. The van der Waals surface area contributed by atoms with Crippen LogP contribution in [0, 0.1) is 0 Å². The number of rotatable bonds is 7. The molecule has 17 heavy (non-hydrogen) atoms. The predicted molar refractivity (Wildman–Crippen MR) is 62.6 cm³/mol. The molecule has 0 fully saturated rings. The Hall–Kier alpha value is -0.960. The number of carbonyl (C=O) groups is 1. The molecule has 8 heteroatoms. The molecule has 1 atom stereocenters. The summed E-state index contributed by atoms with van der Waals surface area (Å²) in [6, 6.07) is 2.30. The number of hydrogen-bond acceptors (Lipinski definition) is 5. The largest absolute Gasteiger partial charge is 0.481 e. The number of carboxylic acid groups (broad SMARTS) is 1. The maximum atomic E-state index is 11.8. The van der Waals surface area contributed by atoms with Gasteiger partial charge in [-0.2, -0.15) is 0 Å². The van der Waals surface area contributed by atoms with Gasteiger partial charge in [-0.25, -0.2) is 13.1 Å². The molecule has 0 aliphatic carbocycles. The van der Waals surface area contributed by atoms with Gasteiger partial charge in [0.1, 0.15) is 4.21 Å². The number of thiophene rings is 1. The number of carboxylic acids is 1. The van der Waals surface area contributed by atoms with Crippen LogP contribution < -0.4 is 4.72 Å². The fraction of sp³-hybridized carbons (Fsp3) is 0.444. The molecule has 0 saturated carbocycles. The highest BCUT2D eigenvalue weighted by Gasteiger charge is 2.22. The van der Waals surface area contributed by atoms with Crippen molar-refractivity contribution in [1.29, 1.82) is 0 Å². The molecule has 0 amide bonds. The van der Waals surface area contributed by atoms with Crippen LogP contribution in [0.1, 0.15) is 6.42 Å². The second kappa shape index (κ2) is 6.10. The van der Waals surface area contributed by atoms with Gasteiger partial charge in [0.15, 0.2) is 0 Å². The fourth-order valence-corrected chi connectivity index (χ4v) is 3.47. The van der Waals surface area contributed by atoms with Crippen LogP contribution in [-0.4, -0.2) is 39.3 Å². The highest BCUT2D eigenvalue weighted by Crippen LogP contribution is 2.16. The van der Waals surface area contributed by atoms with E-state index in [1.54, 1.807) is 11.4 Å². The van der Waals surface area contributed by atoms with Crippen LogP contribution in [0.15, 0.2) is 21.7 Å². The van der Waals surface area contributed by atoms with Gasteiger partial charge in [0, 0.05) is 7.11 Å². The minimum atomic E-state index is -3.66. The van der Waals surface area contributed by atoms with E-state index in [0.717, 1.165) is 11.3 Å². The lowest BCUT2D eigenvalue weighted by molar-refractivity contribution is -0.137. The fourth-order valence-electron chi connectivity index (χ4n) is 1.24. The van der Waals surface area contributed by atoms with Gasteiger partial charge in [-0.15, -0.1) is 11.3 Å². The first kappa shape index (κ1) is 14.1. The zero-order chi connectivity index (χ0) is 12.9. The SMILES string of the molecule is COC[C@@H](CC(=O)O)NS(=O)(=O)c1cccs1. The lowest BCUT2D eigenvalue weighted by Gasteiger charge is -2.15. The molecule has 1 heterocycles. The topological polar surface area (TPSA) is 92.7 Å². The van der Waals surface area contributed by atoms with Crippen molar-refractivity contribution in [3.63, 3.8) is 0 Å². The average molecular weight is 279 g/mol. The second-order valence-corrected chi connectivity index (χ2v) is 6.19. The van der Waals surface area contributed by atoms with Crippen molar-refractivity contribution in [2.45, 2.75) is 16.7 Å². The Balaban J connectivity index is 2.76. The molecule has 0 saturated heterocycles. The Morgan fingerprint density at radius 3 is 2.82 bits per heavy atom. The average Bonchev–Trinajstić information content (AvgIpc) is 2.69. The van der Waals surface area contributed by atoms with E-state index in [2.05, 4.69) is 4.72 Å². The number of ether oxygens (including phenoxy) is 1. The van der Waals surface area contributed by atoms with Crippen LogP contribution >= 0.6 is 11.3 Å². The van der Waals surface area contributed by atoms with Crippen LogP contribution in [0.4, 0.5) is 0 Å². The van der Waals surface area contributed by atoms with Crippen molar-refractivity contribution in [2.75, 3.05) is 13.7 Å². The summed E-state index contributed by atoms with van der Waals surface area (Å²) in [5.41, 5.74) is 0. The zero-order valence-electron chi connectivity index (χ0n) is 9.12. The van der Waals surface area contributed by atoms with E-state index in [9.17, 15) is 13.2 Å². The Bertz CT molecular complexity index is 454. The van der Waals surface area contributed by atoms with Gasteiger partial charge in [-0.05, 0) is 11.4 Å². The number of methoxy groups -OCH3 is 1. The molecule has 0 aromatic carbocycles. The van der Waals surface area contributed by atoms with Gasteiger partial charge in [-0.3, -0.25) is 4.79 Å². The van der Waals surface area contributed by atoms with Gasteiger partial charge >= 0.3 is 5.97 Å². The molecule has 6 nitrogen and oxygen atoms in total. The summed E-state index contributed by atoms with van der Waals surface area (Å²) in [5, 5.41) is 10.3. The van der Waals surface area contributed by atoms with Crippen molar-refractivity contribution >= 4 is 27.3 Å². The van der Waals surface area contributed by atoms with E-state index in [0.29, 0.717) is 0 Å². The van der Waals surface area contributed by atoms with Crippen LogP contribution in [-0.2, 0) is 19.6 Å². The monoisotopic (exact) mass is 279 g/mol. The number of nitrogens with one attached hydrogen (secondary N) is 1. The Morgan fingerprint density at radius 1 is 1.65 bits per heavy atom. The first-order valence-electron chi connectivity index (χ1n) is 4.72. The van der Waals surface area contributed by atoms with Crippen LogP contribution in [0.3, 0.4) is 0 Å². The summed E-state index contributed by atoms with van der Waals surface area (Å²) in [4.78, 5) is 10.6. The number of sulfonamides is 1. The molecule has 0 aliphatic heterocycles. The highest BCUT2D eigenvalue weighted by atomic mass is 32.2. The summed E-state index contributed by atoms with van der Waals surface area (Å²) in [5.74, 6) is -1.08. The van der Waals surface area contributed by atoms with Crippen molar-refractivity contribution in [2.24, 2.45) is 0 Å². The molecule has 0 radical (unpaired) electrons. The van der Waals surface area contributed by atoms with Crippen molar-refractivity contribution < 1.29 is 23.1 Å². The third kappa shape index (κ3) is 4.43. The summed E-state index contributed by atoms with van der Waals surface area (Å²) < 4.78 is 30.9. The maximum Gasteiger partial charge on any atom is 0.305 e. The number of aliphatic carboxylic acids is 1. The molecule has 1 aromatic heterocycles. The Labute approximate surface area is 103 Å². The van der Waals surface area contributed by atoms with E-state index >= 15 is 0 Å². The summed E-state index contributed by atoms with van der Waals surface area (Å²) in [6.07, 6.45) is -0.321.